The highest BCUT2D eigenvalue weighted by Gasteiger charge is 2.07. The first-order valence-corrected chi connectivity index (χ1v) is 9.55. The van der Waals surface area contributed by atoms with Gasteiger partial charge in [-0.05, 0) is 29.7 Å². The number of amides is 1. The molecule has 132 valence electrons. The van der Waals surface area contributed by atoms with Crippen LogP contribution in [0.15, 0.2) is 60.0 Å². The lowest BCUT2D eigenvalue weighted by Crippen LogP contribution is -2.29. The fourth-order valence-corrected chi connectivity index (χ4v) is 3.00. The largest absolute Gasteiger partial charge is 0.352 e. The Bertz CT molecular complexity index is 831. The van der Waals surface area contributed by atoms with Crippen LogP contribution in [0.5, 0.6) is 0 Å². The Kier molecular flexibility index (Phi) is 6.91. The van der Waals surface area contributed by atoms with Gasteiger partial charge in [-0.1, -0.05) is 54.6 Å². The quantitative estimate of drug-likeness (QED) is 0.762. The summed E-state index contributed by atoms with van der Waals surface area (Å²) in [6.07, 6.45) is 1.60. The molecule has 0 heterocycles. The van der Waals surface area contributed by atoms with Gasteiger partial charge in [-0.2, -0.15) is 0 Å². The lowest BCUT2D eigenvalue weighted by Gasteiger charge is -2.08. The van der Waals surface area contributed by atoms with Gasteiger partial charge in [0.25, 0.3) is 0 Å². The minimum absolute atomic E-state index is 0.0566. The molecule has 0 unspecified atom stereocenters. The van der Waals surface area contributed by atoms with Gasteiger partial charge >= 0.3 is 0 Å². The van der Waals surface area contributed by atoms with Gasteiger partial charge in [0.15, 0.2) is 0 Å². The smallest absolute Gasteiger partial charge is 0.233 e. The molecule has 0 saturated heterocycles. The Morgan fingerprint density at radius 3 is 2.44 bits per heavy atom. The van der Waals surface area contributed by atoms with E-state index >= 15 is 0 Å². The molecule has 2 N–H and O–H groups in total. The molecule has 2 aromatic carbocycles. The Hall–Kier alpha value is -2.44. The van der Waals surface area contributed by atoms with E-state index in [9.17, 15) is 13.2 Å². The van der Waals surface area contributed by atoms with E-state index in [1.165, 1.54) is 6.08 Å². The number of hydrogen-bond donors (Lipinski definition) is 2. The Morgan fingerprint density at radius 2 is 1.72 bits per heavy atom. The minimum Gasteiger partial charge on any atom is -0.352 e. The van der Waals surface area contributed by atoms with Crippen molar-refractivity contribution in [3.63, 3.8) is 0 Å². The van der Waals surface area contributed by atoms with Gasteiger partial charge in [0, 0.05) is 24.9 Å². The number of sulfonamides is 1. The van der Waals surface area contributed by atoms with E-state index < -0.39 is 10.0 Å². The molecule has 1 amide bonds. The zero-order chi connectivity index (χ0) is 18.1. The number of aryl methyl sites for hydroxylation is 1. The molecule has 2 aromatic rings. The fraction of sp³-hybridized carbons (Fsp3) is 0.211. The van der Waals surface area contributed by atoms with E-state index in [4.69, 9.17) is 0 Å². The summed E-state index contributed by atoms with van der Waals surface area (Å²) in [6.45, 7) is 2.47. The Labute approximate surface area is 148 Å². The van der Waals surface area contributed by atoms with Gasteiger partial charge in [-0.3, -0.25) is 4.79 Å². The highest BCUT2D eigenvalue weighted by molar-refractivity contribution is 7.92. The normalized spacial score (nSPS) is 11.6. The predicted molar refractivity (Wildman–Crippen MR) is 100 cm³/mol. The molecule has 0 fully saturated rings. The first kappa shape index (κ1) is 18.9. The molecule has 0 radical (unpaired) electrons. The van der Waals surface area contributed by atoms with Crippen LogP contribution in [-0.2, 0) is 21.4 Å². The number of benzene rings is 2. The molecule has 0 bridgehead atoms. The van der Waals surface area contributed by atoms with Crippen LogP contribution in [0, 0.1) is 6.92 Å². The molecule has 0 atom stereocenters. The average Bonchev–Trinajstić information content (AvgIpc) is 2.60. The lowest BCUT2D eigenvalue weighted by atomic mass is 10.1. The maximum Gasteiger partial charge on any atom is 0.233 e. The van der Waals surface area contributed by atoms with Crippen molar-refractivity contribution in [2.24, 2.45) is 0 Å². The van der Waals surface area contributed by atoms with Crippen LogP contribution in [0.25, 0.3) is 6.08 Å². The lowest BCUT2D eigenvalue weighted by molar-refractivity contribution is -0.121. The first-order chi connectivity index (χ1) is 12.0. The van der Waals surface area contributed by atoms with E-state index in [0.717, 1.165) is 22.1 Å². The van der Waals surface area contributed by atoms with E-state index in [1.807, 2.05) is 61.5 Å². The first-order valence-electron chi connectivity index (χ1n) is 8.00. The van der Waals surface area contributed by atoms with Gasteiger partial charge in [0.2, 0.25) is 15.9 Å². The molecule has 0 aliphatic rings. The van der Waals surface area contributed by atoms with Crippen LogP contribution in [0.4, 0.5) is 0 Å². The second-order valence-corrected chi connectivity index (χ2v) is 7.26. The molecule has 0 saturated carbocycles. The zero-order valence-electron chi connectivity index (χ0n) is 14.1. The van der Waals surface area contributed by atoms with Gasteiger partial charge in [-0.25, -0.2) is 13.1 Å². The molecule has 2 rings (SSSR count). The SMILES string of the molecule is Cc1ccccc1CNC(=O)CCNS(=O)(=O)/C=C/c1ccccc1. The zero-order valence-corrected chi connectivity index (χ0v) is 14.9. The number of hydrogen-bond acceptors (Lipinski definition) is 3. The highest BCUT2D eigenvalue weighted by Crippen LogP contribution is 2.06. The summed E-state index contributed by atoms with van der Waals surface area (Å²) in [4.78, 5) is 11.8. The molecule has 25 heavy (non-hydrogen) atoms. The van der Waals surface area contributed by atoms with E-state index in [2.05, 4.69) is 10.0 Å². The minimum atomic E-state index is -3.56. The van der Waals surface area contributed by atoms with Crippen molar-refractivity contribution in [3.8, 4) is 0 Å². The van der Waals surface area contributed by atoms with Crippen LogP contribution >= 0.6 is 0 Å². The molecule has 5 nitrogen and oxygen atoms in total. The fourth-order valence-electron chi connectivity index (χ4n) is 2.18. The van der Waals surface area contributed by atoms with Gasteiger partial charge in [0.05, 0.1) is 0 Å². The number of carbonyl (C=O) groups excluding carboxylic acids is 1. The second kappa shape index (κ2) is 9.15. The summed E-state index contributed by atoms with van der Waals surface area (Å²) in [6, 6.07) is 16.9. The third-order valence-corrected chi connectivity index (χ3v) is 4.73. The van der Waals surface area contributed by atoms with Crippen molar-refractivity contribution in [1.82, 2.24) is 10.0 Å². The average molecular weight is 358 g/mol. The predicted octanol–water partition coefficient (Wildman–Crippen LogP) is 2.59. The topological polar surface area (TPSA) is 75.3 Å². The molecule has 0 spiro atoms. The molecular formula is C19H22N2O3S. The maximum absolute atomic E-state index is 11.9. The molecule has 0 aliphatic heterocycles. The van der Waals surface area contributed by atoms with Gasteiger partial charge in [-0.15, -0.1) is 0 Å². The second-order valence-electron chi connectivity index (χ2n) is 5.61. The van der Waals surface area contributed by atoms with Crippen molar-refractivity contribution in [3.05, 3.63) is 76.7 Å². The van der Waals surface area contributed by atoms with Crippen LogP contribution < -0.4 is 10.0 Å². The van der Waals surface area contributed by atoms with Crippen LogP contribution in [-0.4, -0.2) is 20.9 Å². The van der Waals surface area contributed by atoms with Crippen LogP contribution in [0.3, 0.4) is 0 Å². The standard InChI is InChI=1S/C19H22N2O3S/c1-16-7-5-6-10-18(16)15-20-19(22)11-13-21-25(23,24)14-12-17-8-3-2-4-9-17/h2-10,12,14,21H,11,13,15H2,1H3,(H,20,22)/b14-12+. The van der Waals surface area contributed by atoms with Crippen molar-refractivity contribution in [2.45, 2.75) is 19.9 Å². The summed E-state index contributed by atoms with van der Waals surface area (Å²) in [5.41, 5.74) is 2.95. The summed E-state index contributed by atoms with van der Waals surface area (Å²) >= 11 is 0. The molecule has 0 aliphatic carbocycles. The summed E-state index contributed by atoms with van der Waals surface area (Å²) in [5.74, 6) is -0.196. The number of carbonyl (C=O) groups is 1. The van der Waals surface area contributed by atoms with E-state index in [1.54, 1.807) is 0 Å². The van der Waals surface area contributed by atoms with Crippen molar-refractivity contribution >= 4 is 22.0 Å². The summed E-state index contributed by atoms with van der Waals surface area (Å²) < 4.78 is 26.2. The Balaban J connectivity index is 1.74. The van der Waals surface area contributed by atoms with Gasteiger partial charge in [0.1, 0.15) is 0 Å². The maximum atomic E-state index is 11.9. The van der Waals surface area contributed by atoms with E-state index in [0.29, 0.717) is 6.54 Å². The summed E-state index contributed by atoms with van der Waals surface area (Å²) in [7, 11) is -3.56. The summed E-state index contributed by atoms with van der Waals surface area (Å²) in [5, 5.41) is 3.90. The number of nitrogens with one attached hydrogen (secondary N) is 2. The third-order valence-electron chi connectivity index (χ3n) is 3.63. The molecule has 6 heteroatoms. The van der Waals surface area contributed by atoms with Crippen molar-refractivity contribution < 1.29 is 13.2 Å². The monoisotopic (exact) mass is 358 g/mol. The molecular weight excluding hydrogens is 336 g/mol. The number of rotatable bonds is 8. The highest BCUT2D eigenvalue weighted by atomic mass is 32.2. The van der Waals surface area contributed by atoms with Crippen LogP contribution in [0.1, 0.15) is 23.1 Å². The van der Waals surface area contributed by atoms with Crippen molar-refractivity contribution in [1.29, 1.82) is 0 Å². The van der Waals surface area contributed by atoms with Crippen molar-refractivity contribution in [2.75, 3.05) is 6.54 Å². The van der Waals surface area contributed by atoms with Crippen LogP contribution in [0.2, 0.25) is 0 Å². The third kappa shape index (κ3) is 6.91. The van der Waals surface area contributed by atoms with E-state index in [-0.39, 0.29) is 18.9 Å². The Morgan fingerprint density at radius 1 is 1.04 bits per heavy atom. The molecule has 0 aromatic heterocycles. The van der Waals surface area contributed by atoms with Gasteiger partial charge < -0.3 is 5.32 Å².